The van der Waals surface area contributed by atoms with Gasteiger partial charge in [-0.25, -0.2) is 0 Å². The molecule has 32 heavy (non-hydrogen) atoms. The van der Waals surface area contributed by atoms with E-state index in [9.17, 15) is 5.11 Å². The van der Waals surface area contributed by atoms with Crippen molar-refractivity contribution in [2.75, 3.05) is 33.8 Å². The van der Waals surface area contributed by atoms with Crippen LogP contribution < -0.4 is 5.32 Å². The fraction of sp³-hybridized carbons (Fsp3) is 1.00. The smallest absolute Gasteiger partial charge is 0.142 e. The predicted molar refractivity (Wildman–Crippen MR) is 144 cm³/mol. The Morgan fingerprint density at radius 1 is 0.562 bits per heavy atom. The predicted octanol–water partition coefficient (Wildman–Crippen LogP) is 8.20. The zero-order chi connectivity index (χ0) is 23.8. The second-order valence-corrected chi connectivity index (χ2v) is 10.8. The first-order valence-electron chi connectivity index (χ1n) is 14.7. The highest BCUT2D eigenvalue weighted by Crippen LogP contribution is 2.15. The minimum absolute atomic E-state index is 0.268. The number of aliphatic hydroxyl groups excluding tert-OH is 1. The van der Waals surface area contributed by atoms with Crippen molar-refractivity contribution in [3.05, 3.63) is 0 Å². The maximum atomic E-state index is 9.25. The molecule has 3 heteroatoms. The Morgan fingerprint density at radius 3 is 1.22 bits per heavy atom. The molecule has 0 amide bonds. The third-order valence-corrected chi connectivity index (χ3v) is 7.32. The molecule has 0 saturated heterocycles. The first kappa shape index (κ1) is 31.9. The molecular weight excluding hydrogens is 392 g/mol. The van der Waals surface area contributed by atoms with E-state index in [0.717, 1.165) is 24.0 Å². The van der Waals surface area contributed by atoms with Crippen LogP contribution in [0.2, 0.25) is 0 Å². The van der Waals surface area contributed by atoms with Crippen LogP contribution in [0.1, 0.15) is 149 Å². The van der Waals surface area contributed by atoms with E-state index in [0.29, 0.717) is 6.17 Å². The Bertz CT molecular complexity index is 359. The Balaban J connectivity index is 3.25. The van der Waals surface area contributed by atoms with Crippen molar-refractivity contribution in [2.45, 2.75) is 155 Å². The van der Waals surface area contributed by atoms with E-state index in [4.69, 9.17) is 0 Å². The van der Waals surface area contributed by atoms with Crippen LogP contribution in [0.4, 0.5) is 0 Å². The number of hydrogen-bond donors (Lipinski definition) is 2. The molecule has 0 radical (unpaired) electrons. The normalized spacial score (nSPS) is 13.0. The topological polar surface area (TPSA) is 32.3 Å². The summed E-state index contributed by atoms with van der Waals surface area (Å²) in [6, 6.07) is 0. The van der Waals surface area contributed by atoms with Crippen molar-refractivity contribution in [3.8, 4) is 0 Å². The maximum absolute atomic E-state index is 9.25. The third kappa shape index (κ3) is 20.5. The lowest BCUT2D eigenvalue weighted by atomic mass is 10.0. The summed E-state index contributed by atoms with van der Waals surface area (Å²) in [7, 11) is 4.43. The zero-order valence-electron chi connectivity index (χ0n) is 22.9. The standard InChI is InChI=1S/C29H63N2O/c1-5-7-8-9-10-11-12-13-14-15-16-17-18-19-20-21-22-23-24-25-26-30-29(6-2)31(3,4)27-28-32/h29-30,32H,5-28H2,1-4H3/q+1. The quantitative estimate of drug-likeness (QED) is 0.0782. The van der Waals surface area contributed by atoms with Crippen molar-refractivity contribution in [1.29, 1.82) is 0 Å². The lowest BCUT2D eigenvalue weighted by Crippen LogP contribution is -2.57. The molecule has 0 aliphatic heterocycles. The van der Waals surface area contributed by atoms with Gasteiger partial charge in [0.2, 0.25) is 0 Å². The molecule has 0 spiro atoms. The molecule has 0 heterocycles. The number of likely N-dealkylation sites (N-methyl/N-ethyl adjacent to an activating group) is 1. The van der Waals surface area contributed by atoms with Gasteiger partial charge in [-0.1, -0.05) is 136 Å². The number of unbranched alkanes of at least 4 members (excludes halogenated alkanes) is 19. The Kier molecular flexibility index (Phi) is 23.9. The van der Waals surface area contributed by atoms with E-state index in [2.05, 4.69) is 33.3 Å². The monoisotopic (exact) mass is 455 g/mol. The van der Waals surface area contributed by atoms with Gasteiger partial charge in [0.15, 0.2) is 0 Å². The van der Waals surface area contributed by atoms with Crippen molar-refractivity contribution in [3.63, 3.8) is 0 Å². The van der Waals surface area contributed by atoms with Gasteiger partial charge in [-0.15, -0.1) is 0 Å². The van der Waals surface area contributed by atoms with Crippen molar-refractivity contribution >= 4 is 0 Å². The summed E-state index contributed by atoms with van der Waals surface area (Å²) in [6.07, 6.45) is 30.3. The van der Waals surface area contributed by atoms with Crippen LogP contribution >= 0.6 is 0 Å². The minimum atomic E-state index is 0.268. The van der Waals surface area contributed by atoms with E-state index in [1.54, 1.807) is 0 Å². The molecule has 0 aromatic rings. The summed E-state index contributed by atoms with van der Waals surface area (Å²) in [4.78, 5) is 0. The Hall–Kier alpha value is -0.120. The maximum Gasteiger partial charge on any atom is 0.142 e. The van der Waals surface area contributed by atoms with E-state index in [1.165, 1.54) is 128 Å². The van der Waals surface area contributed by atoms with Crippen molar-refractivity contribution < 1.29 is 9.59 Å². The average Bonchev–Trinajstić information content (AvgIpc) is 2.77. The van der Waals surface area contributed by atoms with Gasteiger partial charge >= 0.3 is 0 Å². The largest absolute Gasteiger partial charge is 0.391 e. The van der Waals surface area contributed by atoms with E-state index in [1.807, 2.05) is 0 Å². The first-order chi connectivity index (χ1) is 15.6. The van der Waals surface area contributed by atoms with E-state index in [-0.39, 0.29) is 6.61 Å². The van der Waals surface area contributed by atoms with Crippen molar-refractivity contribution in [1.82, 2.24) is 5.32 Å². The molecule has 0 fully saturated rings. The van der Waals surface area contributed by atoms with Gasteiger partial charge in [-0.05, 0) is 6.42 Å². The van der Waals surface area contributed by atoms with Crippen molar-refractivity contribution in [2.24, 2.45) is 0 Å². The summed E-state index contributed by atoms with van der Waals surface area (Å²) >= 11 is 0. The fourth-order valence-corrected chi connectivity index (χ4v) is 4.95. The summed E-state index contributed by atoms with van der Waals surface area (Å²) in [5.74, 6) is 0. The molecular formula is C29H63N2O+. The van der Waals surface area contributed by atoms with Gasteiger partial charge in [0.25, 0.3) is 0 Å². The van der Waals surface area contributed by atoms with Crippen LogP contribution in [0.25, 0.3) is 0 Å². The molecule has 1 atom stereocenters. The highest BCUT2D eigenvalue weighted by atomic mass is 16.3. The molecule has 0 aromatic heterocycles. The molecule has 0 aliphatic carbocycles. The molecule has 3 nitrogen and oxygen atoms in total. The molecule has 2 N–H and O–H groups in total. The number of hydrogen-bond acceptors (Lipinski definition) is 2. The highest BCUT2D eigenvalue weighted by Gasteiger charge is 2.25. The molecule has 0 aromatic carbocycles. The number of nitrogens with zero attached hydrogens (tertiary/aromatic N) is 1. The van der Waals surface area contributed by atoms with Gasteiger partial charge in [-0.3, -0.25) is 5.32 Å². The van der Waals surface area contributed by atoms with Crippen LogP contribution in [-0.4, -0.2) is 49.5 Å². The summed E-state index contributed by atoms with van der Waals surface area (Å²) in [6.45, 7) is 6.75. The van der Waals surface area contributed by atoms with Crippen LogP contribution in [0.3, 0.4) is 0 Å². The molecule has 0 saturated carbocycles. The van der Waals surface area contributed by atoms with Crippen LogP contribution in [-0.2, 0) is 0 Å². The molecule has 1 unspecified atom stereocenters. The second-order valence-electron chi connectivity index (χ2n) is 10.8. The average molecular weight is 456 g/mol. The van der Waals surface area contributed by atoms with Crippen LogP contribution in [0.15, 0.2) is 0 Å². The van der Waals surface area contributed by atoms with Gasteiger partial charge < -0.3 is 9.59 Å². The Morgan fingerprint density at radius 2 is 0.906 bits per heavy atom. The van der Waals surface area contributed by atoms with E-state index < -0.39 is 0 Å². The zero-order valence-corrected chi connectivity index (χ0v) is 22.9. The number of quaternary nitrogens is 1. The number of aliphatic hydroxyl groups is 1. The minimum Gasteiger partial charge on any atom is -0.391 e. The van der Waals surface area contributed by atoms with Crippen LogP contribution in [0.5, 0.6) is 0 Å². The summed E-state index contributed by atoms with van der Waals surface area (Å²) in [5.41, 5.74) is 0. The molecule has 194 valence electrons. The molecule has 0 bridgehead atoms. The van der Waals surface area contributed by atoms with Gasteiger partial charge in [0, 0.05) is 13.0 Å². The second kappa shape index (κ2) is 24.0. The molecule has 0 rings (SSSR count). The lowest BCUT2D eigenvalue weighted by molar-refractivity contribution is -0.918. The first-order valence-corrected chi connectivity index (χ1v) is 14.7. The number of nitrogens with one attached hydrogen (secondary N) is 1. The van der Waals surface area contributed by atoms with Gasteiger partial charge in [0.05, 0.1) is 20.7 Å². The fourth-order valence-electron chi connectivity index (χ4n) is 4.95. The summed E-state index contributed by atoms with van der Waals surface area (Å²) in [5, 5.41) is 13.0. The highest BCUT2D eigenvalue weighted by molar-refractivity contribution is 4.56. The van der Waals surface area contributed by atoms with Gasteiger partial charge in [-0.2, -0.15) is 0 Å². The van der Waals surface area contributed by atoms with Crippen LogP contribution in [0, 0.1) is 0 Å². The molecule has 0 aliphatic rings. The van der Waals surface area contributed by atoms with E-state index >= 15 is 0 Å². The lowest BCUT2D eigenvalue weighted by Gasteiger charge is -2.37. The summed E-state index contributed by atoms with van der Waals surface area (Å²) < 4.78 is 0.867. The SMILES string of the molecule is CCCCCCCCCCCCCCCCCCCCCCNC(CC)[N+](C)(C)CCO. The van der Waals surface area contributed by atoms with Gasteiger partial charge in [0.1, 0.15) is 12.7 Å². The Labute approximate surface area is 203 Å². The third-order valence-electron chi connectivity index (χ3n) is 7.32. The number of rotatable bonds is 26.